The first kappa shape index (κ1) is 15.8. The minimum atomic E-state index is -1.72. The summed E-state index contributed by atoms with van der Waals surface area (Å²) in [5.74, 6) is -5.95. The van der Waals surface area contributed by atoms with Crippen LogP contribution in [-0.2, 0) is 4.79 Å². The van der Waals surface area contributed by atoms with Gasteiger partial charge >= 0.3 is 12.0 Å². The molecule has 2 amide bonds. The minimum Gasteiger partial charge on any atom is -0.480 e. The second-order valence-electron chi connectivity index (χ2n) is 4.29. The van der Waals surface area contributed by atoms with Crippen LogP contribution in [0.2, 0.25) is 0 Å². The molecule has 8 heteroatoms. The largest absolute Gasteiger partial charge is 0.480 e. The summed E-state index contributed by atoms with van der Waals surface area (Å²) in [5, 5.41) is 13.0. The number of carboxylic acids is 1. The van der Waals surface area contributed by atoms with Crippen LogP contribution in [0.3, 0.4) is 0 Å². The number of hydrogen-bond acceptors (Lipinski definition) is 2. The van der Waals surface area contributed by atoms with E-state index in [1.165, 1.54) is 13.8 Å². The lowest BCUT2D eigenvalue weighted by Crippen LogP contribution is -2.53. The molecule has 1 aromatic rings. The summed E-state index contributed by atoms with van der Waals surface area (Å²) in [7, 11) is 0. The number of carboxylic acid groups (broad SMARTS) is 1. The second-order valence-corrected chi connectivity index (χ2v) is 4.29. The Balaban J connectivity index is 2.87. The van der Waals surface area contributed by atoms with Gasteiger partial charge in [-0.25, -0.2) is 22.8 Å². The SMILES string of the molecule is CCC(C)(NC(=O)Nc1ccc(F)c(F)c1F)C(=O)O. The van der Waals surface area contributed by atoms with Gasteiger partial charge in [0.25, 0.3) is 0 Å². The van der Waals surface area contributed by atoms with Crippen molar-refractivity contribution in [3.8, 4) is 0 Å². The van der Waals surface area contributed by atoms with Crippen LogP contribution >= 0.6 is 0 Å². The zero-order valence-electron chi connectivity index (χ0n) is 10.8. The van der Waals surface area contributed by atoms with Crippen molar-refractivity contribution in [2.45, 2.75) is 25.8 Å². The van der Waals surface area contributed by atoms with Crippen LogP contribution in [0.4, 0.5) is 23.7 Å². The Kier molecular flexibility index (Phi) is 4.59. The van der Waals surface area contributed by atoms with Crippen molar-refractivity contribution < 1.29 is 27.9 Å². The predicted octanol–water partition coefficient (Wildman–Crippen LogP) is 2.48. The van der Waals surface area contributed by atoms with Gasteiger partial charge in [-0.2, -0.15) is 0 Å². The number of anilines is 1. The Hall–Kier alpha value is -2.25. The van der Waals surface area contributed by atoms with Crippen LogP contribution < -0.4 is 10.6 Å². The van der Waals surface area contributed by atoms with Crippen molar-refractivity contribution >= 4 is 17.7 Å². The maximum absolute atomic E-state index is 13.3. The number of benzene rings is 1. The van der Waals surface area contributed by atoms with E-state index in [9.17, 15) is 22.8 Å². The van der Waals surface area contributed by atoms with Crippen LogP contribution in [-0.4, -0.2) is 22.6 Å². The summed E-state index contributed by atoms with van der Waals surface area (Å²) in [6.45, 7) is 2.79. The second kappa shape index (κ2) is 5.81. The smallest absolute Gasteiger partial charge is 0.329 e. The molecule has 0 fully saturated rings. The van der Waals surface area contributed by atoms with Crippen LogP contribution in [0.1, 0.15) is 20.3 Å². The van der Waals surface area contributed by atoms with Gasteiger partial charge in [0.1, 0.15) is 5.54 Å². The van der Waals surface area contributed by atoms with E-state index in [4.69, 9.17) is 5.11 Å². The number of aliphatic carboxylic acids is 1. The highest BCUT2D eigenvalue weighted by Gasteiger charge is 2.33. The molecule has 1 atom stereocenters. The molecule has 1 unspecified atom stereocenters. The summed E-state index contributed by atoms with van der Waals surface area (Å²) in [6.07, 6.45) is 0.0794. The van der Waals surface area contributed by atoms with E-state index < -0.39 is 40.7 Å². The summed E-state index contributed by atoms with van der Waals surface area (Å²) in [4.78, 5) is 22.6. The van der Waals surface area contributed by atoms with Gasteiger partial charge in [0.2, 0.25) is 0 Å². The summed E-state index contributed by atoms with van der Waals surface area (Å²) >= 11 is 0. The van der Waals surface area contributed by atoms with Crippen molar-refractivity contribution in [3.05, 3.63) is 29.6 Å². The lowest BCUT2D eigenvalue weighted by Gasteiger charge is -2.24. The van der Waals surface area contributed by atoms with Gasteiger partial charge in [-0.05, 0) is 25.5 Å². The van der Waals surface area contributed by atoms with Gasteiger partial charge < -0.3 is 15.7 Å². The van der Waals surface area contributed by atoms with Crippen LogP contribution in [0.15, 0.2) is 12.1 Å². The highest BCUT2D eigenvalue weighted by molar-refractivity contribution is 5.93. The molecule has 0 aliphatic rings. The quantitative estimate of drug-likeness (QED) is 0.745. The fourth-order valence-corrected chi connectivity index (χ4v) is 1.32. The van der Waals surface area contributed by atoms with Crippen LogP contribution in [0.5, 0.6) is 0 Å². The Morgan fingerprint density at radius 2 is 1.85 bits per heavy atom. The molecule has 20 heavy (non-hydrogen) atoms. The lowest BCUT2D eigenvalue weighted by molar-refractivity contribution is -0.143. The van der Waals surface area contributed by atoms with Crippen LogP contribution in [0.25, 0.3) is 0 Å². The molecule has 0 aliphatic carbocycles. The normalized spacial score (nSPS) is 13.4. The number of hydrogen-bond donors (Lipinski definition) is 3. The standard InChI is InChI=1S/C12H13F3N2O3/c1-3-12(2,10(18)19)17-11(20)16-7-5-4-6(13)8(14)9(7)15/h4-5H,3H2,1-2H3,(H,18,19)(H2,16,17,20). The number of halogens is 3. The van der Waals surface area contributed by atoms with Crippen molar-refractivity contribution in [1.29, 1.82) is 0 Å². The number of carbonyl (C=O) groups excluding carboxylic acids is 1. The molecule has 5 nitrogen and oxygen atoms in total. The Bertz CT molecular complexity index is 551. The summed E-state index contributed by atoms with van der Waals surface area (Å²) in [5.41, 5.74) is -2.15. The van der Waals surface area contributed by atoms with E-state index in [1.54, 1.807) is 0 Å². The molecule has 1 rings (SSSR count). The van der Waals surface area contributed by atoms with Gasteiger partial charge in [0.05, 0.1) is 5.69 Å². The zero-order valence-corrected chi connectivity index (χ0v) is 10.8. The molecule has 0 aliphatic heterocycles. The minimum absolute atomic E-state index is 0.0794. The van der Waals surface area contributed by atoms with Gasteiger partial charge in [-0.3, -0.25) is 0 Å². The first-order valence-corrected chi connectivity index (χ1v) is 5.67. The first-order chi connectivity index (χ1) is 9.21. The summed E-state index contributed by atoms with van der Waals surface area (Å²) in [6, 6.07) is 0.434. The van der Waals surface area contributed by atoms with E-state index in [1.807, 2.05) is 5.32 Å². The molecule has 3 N–H and O–H groups in total. The topological polar surface area (TPSA) is 78.4 Å². The molecular weight excluding hydrogens is 277 g/mol. The predicted molar refractivity (Wildman–Crippen MR) is 64.8 cm³/mol. The lowest BCUT2D eigenvalue weighted by atomic mass is 10.00. The maximum Gasteiger partial charge on any atom is 0.329 e. The van der Waals surface area contributed by atoms with Gasteiger partial charge in [-0.15, -0.1) is 0 Å². The van der Waals surface area contributed by atoms with E-state index >= 15 is 0 Å². The highest BCUT2D eigenvalue weighted by atomic mass is 19.2. The number of rotatable bonds is 4. The Labute approximate surface area is 112 Å². The molecule has 110 valence electrons. The third-order valence-corrected chi connectivity index (χ3v) is 2.85. The molecular formula is C12H13F3N2O3. The molecule has 0 bridgehead atoms. The molecule has 0 radical (unpaired) electrons. The van der Waals surface area contributed by atoms with E-state index in [2.05, 4.69) is 5.32 Å². The third kappa shape index (κ3) is 3.19. The Morgan fingerprint density at radius 3 is 2.35 bits per heavy atom. The molecule has 0 saturated heterocycles. The van der Waals surface area contributed by atoms with Crippen molar-refractivity contribution in [1.82, 2.24) is 5.32 Å². The van der Waals surface area contributed by atoms with Crippen molar-refractivity contribution in [3.63, 3.8) is 0 Å². The number of carbonyl (C=O) groups is 2. The number of amides is 2. The van der Waals surface area contributed by atoms with Crippen LogP contribution in [0, 0.1) is 17.5 Å². The van der Waals surface area contributed by atoms with E-state index in [-0.39, 0.29) is 6.42 Å². The maximum atomic E-state index is 13.3. The van der Waals surface area contributed by atoms with E-state index in [0.29, 0.717) is 6.07 Å². The van der Waals surface area contributed by atoms with Gasteiger partial charge in [-0.1, -0.05) is 6.92 Å². The highest BCUT2D eigenvalue weighted by Crippen LogP contribution is 2.19. The molecule has 0 saturated carbocycles. The first-order valence-electron chi connectivity index (χ1n) is 5.67. The number of urea groups is 1. The average molecular weight is 290 g/mol. The van der Waals surface area contributed by atoms with E-state index in [0.717, 1.165) is 6.07 Å². The van der Waals surface area contributed by atoms with Gasteiger partial charge in [0, 0.05) is 0 Å². The third-order valence-electron chi connectivity index (χ3n) is 2.85. The average Bonchev–Trinajstić information content (AvgIpc) is 2.39. The molecule has 0 heterocycles. The zero-order chi connectivity index (χ0) is 15.5. The summed E-state index contributed by atoms with van der Waals surface area (Å²) < 4.78 is 39.0. The molecule has 0 spiro atoms. The van der Waals surface area contributed by atoms with Gasteiger partial charge in [0.15, 0.2) is 17.5 Å². The van der Waals surface area contributed by atoms with Crippen molar-refractivity contribution in [2.75, 3.05) is 5.32 Å². The molecule has 1 aromatic carbocycles. The fraction of sp³-hybridized carbons (Fsp3) is 0.333. The fourth-order valence-electron chi connectivity index (χ4n) is 1.32. The molecule has 0 aromatic heterocycles. The Morgan fingerprint density at radius 1 is 1.25 bits per heavy atom. The van der Waals surface area contributed by atoms with Crippen molar-refractivity contribution in [2.24, 2.45) is 0 Å². The monoisotopic (exact) mass is 290 g/mol. The number of nitrogens with one attached hydrogen (secondary N) is 2.